The topological polar surface area (TPSA) is 38.0 Å². The highest BCUT2D eigenvalue weighted by atomic mass is 35.5. The first-order valence-corrected chi connectivity index (χ1v) is 7.61. The second-order valence-electron chi connectivity index (χ2n) is 3.76. The Kier molecular flexibility index (Phi) is 6.09. The van der Waals surface area contributed by atoms with E-state index >= 15 is 0 Å². The number of thiocarbonyl (C=S) groups is 1. The number of benzene rings is 1. The van der Waals surface area contributed by atoms with E-state index in [0.29, 0.717) is 16.1 Å². The average Bonchev–Trinajstić information content (AvgIpc) is 2.28. The Labute approximate surface area is 117 Å². The summed E-state index contributed by atoms with van der Waals surface area (Å²) >= 11 is 12.8. The minimum atomic E-state index is 0.392. The molecule has 1 aromatic rings. The zero-order valence-electron chi connectivity index (χ0n) is 10.00. The van der Waals surface area contributed by atoms with E-state index in [4.69, 9.17) is 29.6 Å². The highest BCUT2D eigenvalue weighted by Gasteiger charge is 2.10. The third kappa shape index (κ3) is 4.37. The number of thioether (sulfide) groups is 1. The van der Waals surface area contributed by atoms with Crippen LogP contribution in [-0.4, -0.2) is 23.0 Å². The molecule has 17 heavy (non-hydrogen) atoms. The molecule has 0 saturated carbocycles. The molecule has 0 bridgehead atoms. The summed E-state index contributed by atoms with van der Waals surface area (Å²) in [5, 5.41) is 4.13. The normalized spacial score (nSPS) is 12.2. The lowest BCUT2D eigenvalue weighted by Gasteiger charge is -2.19. The molecule has 0 aromatic heterocycles. The second-order valence-corrected chi connectivity index (χ2v) is 5.55. The zero-order chi connectivity index (χ0) is 12.8. The van der Waals surface area contributed by atoms with Gasteiger partial charge in [0, 0.05) is 28.1 Å². The van der Waals surface area contributed by atoms with Crippen LogP contribution in [0, 0.1) is 0 Å². The maximum absolute atomic E-state index is 6.00. The van der Waals surface area contributed by atoms with E-state index in [9.17, 15) is 0 Å². The van der Waals surface area contributed by atoms with Crippen LogP contribution in [0.25, 0.3) is 0 Å². The van der Waals surface area contributed by atoms with Crippen LogP contribution in [-0.2, 0) is 0 Å². The first kappa shape index (κ1) is 14.6. The fraction of sp³-hybridized carbons (Fsp3) is 0.417. The van der Waals surface area contributed by atoms with E-state index in [1.54, 1.807) is 6.07 Å². The van der Waals surface area contributed by atoms with Gasteiger partial charge in [-0.3, -0.25) is 0 Å². The van der Waals surface area contributed by atoms with E-state index < -0.39 is 0 Å². The molecule has 0 amide bonds. The monoisotopic (exact) mass is 288 g/mol. The highest BCUT2D eigenvalue weighted by Crippen LogP contribution is 2.23. The molecule has 1 aromatic carbocycles. The summed E-state index contributed by atoms with van der Waals surface area (Å²) < 4.78 is 0. The first-order valence-electron chi connectivity index (χ1n) is 5.43. The standard InChI is InChI=1S/C12H17ClN2S2/c1-3-9(7-17-2)15-11-6-8(13)4-5-10(11)12(14)16/h4-6,9,15H,3,7H2,1-2H3,(H2,14,16). The second kappa shape index (κ2) is 7.09. The minimum absolute atomic E-state index is 0.392. The number of nitrogens with one attached hydrogen (secondary N) is 1. The van der Waals surface area contributed by atoms with Crippen LogP contribution in [0.1, 0.15) is 18.9 Å². The maximum Gasteiger partial charge on any atom is 0.106 e. The minimum Gasteiger partial charge on any atom is -0.389 e. The van der Waals surface area contributed by atoms with Crippen molar-refractivity contribution in [3.63, 3.8) is 0 Å². The van der Waals surface area contributed by atoms with Gasteiger partial charge < -0.3 is 11.1 Å². The smallest absolute Gasteiger partial charge is 0.106 e. The molecule has 0 heterocycles. The Morgan fingerprint density at radius 2 is 2.29 bits per heavy atom. The van der Waals surface area contributed by atoms with Gasteiger partial charge in [0.25, 0.3) is 0 Å². The van der Waals surface area contributed by atoms with Crippen molar-refractivity contribution in [3.05, 3.63) is 28.8 Å². The van der Waals surface area contributed by atoms with E-state index in [2.05, 4.69) is 18.5 Å². The third-order valence-corrected chi connectivity index (χ3v) is 3.66. The Morgan fingerprint density at radius 1 is 1.59 bits per heavy atom. The summed E-state index contributed by atoms with van der Waals surface area (Å²) in [5.41, 5.74) is 7.47. The fourth-order valence-corrected chi connectivity index (χ4v) is 2.60. The molecule has 3 N–H and O–H groups in total. The van der Waals surface area contributed by atoms with Crippen molar-refractivity contribution in [1.82, 2.24) is 0 Å². The Bertz CT molecular complexity index is 396. The quantitative estimate of drug-likeness (QED) is 0.786. The van der Waals surface area contributed by atoms with Gasteiger partial charge in [-0.25, -0.2) is 0 Å². The van der Waals surface area contributed by atoms with Gasteiger partial charge in [-0.05, 0) is 30.9 Å². The van der Waals surface area contributed by atoms with Crippen molar-refractivity contribution in [2.24, 2.45) is 5.73 Å². The van der Waals surface area contributed by atoms with E-state index in [-0.39, 0.29) is 0 Å². The average molecular weight is 289 g/mol. The maximum atomic E-state index is 6.00. The molecule has 2 nitrogen and oxygen atoms in total. The SMILES string of the molecule is CCC(CSC)Nc1cc(Cl)ccc1C(N)=S. The predicted molar refractivity (Wildman–Crippen MR) is 83.4 cm³/mol. The van der Waals surface area contributed by atoms with Gasteiger partial charge in [-0.2, -0.15) is 11.8 Å². The fourth-order valence-electron chi connectivity index (χ4n) is 1.53. The summed E-state index contributed by atoms with van der Waals surface area (Å²) in [6, 6.07) is 5.94. The summed E-state index contributed by atoms with van der Waals surface area (Å²) in [5.74, 6) is 1.04. The Balaban J connectivity index is 2.94. The molecule has 0 saturated heterocycles. The molecule has 5 heteroatoms. The molecule has 0 radical (unpaired) electrons. The Hall–Kier alpha value is -0.450. The van der Waals surface area contributed by atoms with Crippen LogP contribution < -0.4 is 11.1 Å². The first-order chi connectivity index (χ1) is 8.08. The molecule has 1 unspecified atom stereocenters. The molecule has 0 fully saturated rings. The summed E-state index contributed by atoms with van der Waals surface area (Å²) in [7, 11) is 0. The van der Waals surface area contributed by atoms with Crippen LogP contribution in [0.2, 0.25) is 5.02 Å². The lowest BCUT2D eigenvalue weighted by atomic mass is 10.1. The number of hydrogen-bond acceptors (Lipinski definition) is 3. The third-order valence-electron chi connectivity index (χ3n) is 2.47. The van der Waals surface area contributed by atoms with Crippen molar-refractivity contribution >= 4 is 46.3 Å². The van der Waals surface area contributed by atoms with E-state index in [1.165, 1.54) is 0 Å². The molecule has 0 aliphatic carbocycles. The predicted octanol–water partition coefficient (Wildman–Crippen LogP) is 3.53. The van der Waals surface area contributed by atoms with Crippen LogP contribution >= 0.6 is 35.6 Å². The van der Waals surface area contributed by atoms with Gasteiger partial charge in [0.1, 0.15) is 4.99 Å². The van der Waals surface area contributed by atoms with Crippen LogP contribution in [0.15, 0.2) is 18.2 Å². The molecule has 1 atom stereocenters. The van der Waals surface area contributed by atoms with Gasteiger partial charge >= 0.3 is 0 Å². The summed E-state index contributed by atoms with van der Waals surface area (Å²) in [4.78, 5) is 0.392. The van der Waals surface area contributed by atoms with Gasteiger partial charge in [-0.1, -0.05) is 30.7 Å². The largest absolute Gasteiger partial charge is 0.389 e. The number of halogens is 1. The summed E-state index contributed by atoms with van der Waals surface area (Å²) in [6.45, 7) is 2.15. The zero-order valence-corrected chi connectivity index (χ0v) is 12.4. The Morgan fingerprint density at radius 3 is 2.82 bits per heavy atom. The number of hydrogen-bond donors (Lipinski definition) is 2. The molecular weight excluding hydrogens is 272 g/mol. The van der Waals surface area contributed by atoms with E-state index in [0.717, 1.165) is 23.4 Å². The van der Waals surface area contributed by atoms with Crippen molar-refractivity contribution in [2.45, 2.75) is 19.4 Å². The number of nitrogens with two attached hydrogens (primary N) is 1. The van der Waals surface area contributed by atoms with Gasteiger partial charge in [0.15, 0.2) is 0 Å². The highest BCUT2D eigenvalue weighted by molar-refractivity contribution is 7.98. The molecular formula is C12H17ClN2S2. The summed E-state index contributed by atoms with van der Waals surface area (Å²) in [6.07, 6.45) is 3.14. The van der Waals surface area contributed by atoms with Crippen molar-refractivity contribution < 1.29 is 0 Å². The number of rotatable bonds is 6. The lowest BCUT2D eigenvalue weighted by molar-refractivity contribution is 0.775. The molecule has 0 aliphatic rings. The number of anilines is 1. The molecule has 1 rings (SSSR count). The van der Waals surface area contributed by atoms with Gasteiger partial charge in [0.05, 0.1) is 0 Å². The van der Waals surface area contributed by atoms with Gasteiger partial charge in [-0.15, -0.1) is 0 Å². The van der Waals surface area contributed by atoms with Crippen molar-refractivity contribution in [3.8, 4) is 0 Å². The van der Waals surface area contributed by atoms with E-state index in [1.807, 2.05) is 23.9 Å². The molecule has 0 spiro atoms. The molecule has 94 valence electrons. The van der Waals surface area contributed by atoms with Gasteiger partial charge in [0.2, 0.25) is 0 Å². The van der Waals surface area contributed by atoms with Crippen LogP contribution in [0.3, 0.4) is 0 Å². The van der Waals surface area contributed by atoms with Crippen molar-refractivity contribution in [2.75, 3.05) is 17.3 Å². The molecule has 0 aliphatic heterocycles. The van der Waals surface area contributed by atoms with Crippen molar-refractivity contribution in [1.29, 1.82) is 0 Å². The van der Waals surface area contributed by atoms with Crippen LogP contribution in [0.4, 0.5) is 5.69 Å². The lowest BCUT2D eigenvalue weighted by Crippen LogP contribution is -2.23. The van der Waals surface area contributed by atoms with Crippen LogP contribution in [0.5, 0.6) is 0 Å².